The largest absolute Gasteiger partial charge is 0.493 e. The van der Waals surface area contributed by atoms with Crippen LogP contribution in [0.25, 0.3) is 10.9 Å². The predicted molar refractivity (Wildman–Crippen MR) is 168 cm³/mol. The zero-order valence-electron chi connectivity index (χ0n) is 24.1. The van der Waals surface area contributed by atoms with Crippen molar-refractivity contribution in [2.45, 2.75) is 25.7 Å². The third-order valence-corrected chi connectivity index (χ3v) is 7.25. The first-order chi connectivity index (χ1) is 21.4. The van der Waals surface area contributed by atoms with E-state index in [9.17, 15) is 8.78 Å². The van der Waals surface area contributed by atoms with Crippen molar-refractivity contribution in [3.63, 3.8) is 0 Å². The van der Waals surface area contributed by atoms with E-state index in [0.29, 0.717) is 40.4 Å². The first-order valence-electron chi connectivity index (χ1n) is 14.2. The molecular formula is C32H32F3N5O3S. The van der Waals surface area contributed by atoms with Crippen LogP contribution >= 0.6 is 12.2 Å². The fourth-order valence-corrected chi connectivity index (χ4v) is 5.02. The highest BCUT2D eigenvalue weighted by atomic mass is 32.1. The van der Waals surface area contributed by atoms with Crippen LogP contribution < -0.4 is 25.0 Å². The average Bonchev–Trinajstić information content (AvgIpc) is 3.02. The van der Waals surface area contributed by atoms with Crippen LogP contribution in [0.2, 0.25) is 0 Å². The molecule has 0 atom stereocenters. The first kappa shape index (κ1) is 31.0. The summed E-state index contributed by atoms with van der Waals surface area (Å²) in [5, 5.41) is 7.28. The Balaban J connectivity index is 1.21. The Labute approximate surface area is 258 Å². The van der Waals surface area contributed by atoms with Gasteiger partial charge in [0.15, 0.2) is 28.2 Å². The number of ether oxygens (including phenoxy) is 3. The lowest BCUT2D eigenvalue weighted by atomic mass is 10.1. The number of pyridine rings is 1. The van der Waals surface area contributed by atoms with Gasteiger partial charge in [0.25, 0.3) is 0 Å². The number of benzene rings is 3. The predicted octanol–water partition coefficient (Wildman–Crippen LogP) is 7.03. The lowest BCUT2D eigenvalue weighted by Gasteiger charge is -2.26. The molecule has 5 rings (SSSR count). The van der Waals surface area contributed by atoms with Crippen molar-refractivity contribution in [2.24, 2.45) is 5.10 Å². The molecule has 44 heavy (non-hydrogen) atoms. The van der Waals surface area contributed by atoms with Crippen molar-refractivity contribution >= 4 is 40.1 Å². The molecule has 0 amide bonds. The van der Waals surface area contributed by atoms with Crippen LogP contribution in [-0.2, 0) is 0 Å². The number of nitrogens with zero attached hydrogens (tertiary/aromatic N) is 3. The van der Waals surface area contributed by atoms with Crippen LogP contribution in [0, 0.1) is 17.5 Å². The molecule has 0 saturated carbocycles. The maximum absolute atomic E-state index is 15.1. The summed E-state index contributed by atoms with van der Waals surface area (Å²) < 4.78 is 59.4. The van der Waals surface area contributed by atoms with E-state index < -0.39 is 17.5 Å². The van der Waals surface area contributed by atoms with Crippen molar-refractivity contribution in [3.8, 4) is 23.0 Å². The van der Waals surface area contributed by atoms with Gasteiger partial charge in [-0.25, -0.2) is 13.2 Å². The van der Waals surface area contributed by atoms with E-state index in [1.807, 2.05) is 0 Å². The number of methoxy groups -OCH3 is 1. The van der Waals surface area contributed by atoms with E-state index in [1.54, 1.807) is 37.6 Å². The molecule has 0 spiro atoms. The van der Waals surface area contributed by atoms with Crippen molar-refractivity contribution in [3.05, 3.63) is 83.8 Å². The number of hydrazone groups is 1. The number of fused-ring (bicyclic) bond motifs is 1. The van der Waals surface area contributed by atoms with Gasteiger partial charge in [0.1, 0.15) is 17.4 Å². The fourth-order valence-electron chi connectivity index (χ4n) is 4.85. The number of hydrogen-bond donors (Lipinski definition) is 2. The van der Waals surface area contributed by atoms with Crippen LogP contribution in [0.1, 0.15) is 31.2 Å². The SMILES string of the molecule is COc1cc2c(Oc3ccc(NC(=S)N/N=C/c4ccc(F)cc4F)cc3F)ccnc2cc1OCCCN1CCCCC1. The third kappa shape index (κ3) is 8.14. The molecule has 0 aliphatic carbocycles. The van der Waals surface area contributed by atoms with E-state index in [1.165, 1.54) is 37.5 Å². The second-order valence-corrected chi connectivity index (χ2v) is 10.6. The summed E-state index contributed by atoms with van der Waals surface area (Å²) in [6.07, 6.45) is 7.47. The van der Waals surface area contributed by atoms with Gasteiger partial charge < -0.3 is 24.4 Å². The summed E-state index contributed by atoms with van der Waals surface area (Å²) in [4.78, 5) is 6.92. The quantitative estimate of drug-likeness (QED) is 0.0798. The van der Waals surface area contributed by atoms with Gasteiger partial charge in [0, 0.05) is 47.6 Å². The maximum atomic E-state index is 15.1. The first-order valence-corrected chi connectivity index (χ1v) is 14.6. The number of anilines is 1. The van der Waals surface area contributed by atoms with Gasteiger partial charge in [-0.1, -0.05) is 6.42 Å². The van der Waals surface area contributed by atoms with Crippen LogP contribution in [-0.4, -0.2) is 54.6 Å². The van der Waals surface area contributed by atoms with Gasteiger partial charge in [-0.05, 0) is 81.0 Å². The molecule has 1 aliphatic rings. The summed E-state index contributed by atoms with van der Waals surface area (Å²) in [5.74, 6) is -0.599. The lowest BCUT2D eigenvalue weighted by Crippen LogP contribution is -2.31. The number of rotatable bonds is 11. The molecule has 12 heteroatoms. The number of halogens is 3. The van der Waals surface area contributed by atoms with E-state index >= 15 is 4.39 Å². The Morgan fingerprint density at radius 3 is 2.57 bits per heavy atom. The van der Waals surface area contributed by atoms with E-state index in [2.05, 4.69) is 25.7 Å². The number of nitrogens with one attached hydrogen (secondary N) is 2. The Morgan fingerprint density at radius 2 is 1.80 bits per heavy atom. The molecule has 0 bridgehead atoms. The van der Waals surface area contributed by atoms with Crippen LogP contribution in [0.4, 0.5) is 18.9 Å². The molecule has 1 aliphatic heterocycles. The molecule has 4 aromatic rings. The van der Waals surface area contributed by atoms with Gasteiger partial charge in [0.05, 0.1) is 25.4 Å². The van der Waals surface area contributed by atoms with Crippen molar-refractivity contribution < 1.29 is 27.4 Å². The Bertz CT molecular complexity index is 1650. The highest BCUT2D eigenvalue weighted by Gasteiger charge is 2.15. The van der Waals surface area contributed by atoms with Crippen molar-refractivity contribution in [1.29, 1.82) is 0 Å². The zero-order chi connectivity index (χ0) is 30.9. The molecule has 1 fully saturated rings. The second-order valence-electron chi connectivity index (χ2n) is 10.2. The standard InChI is InChI=1S/C32H32F3N5O3S/c1-41-30-18-24-27(19-31(30)42-15-5-14-40-12-3-2-4-13-40)36-11-10-28(24)43-29-9-8-23(17-26(29)35)38-32(44)39-37-20-21-6-7-22(33)16-25(21)34/h6-11,16-20H,2-5,12-15H2,1H3,(H2,38,39,44)/b37-20+. The number of thiocarbonyl (C=S) groups is 1. The lowest BCUT2D eigenvalue weighted by molar-refractivity contribution is 0.203. The molecule has 3 aromatic carbocycles. The molecule has 2 N–H and O–H groups in total. The van der Waals surface area contributed by atoms with Crippen LogP contribution in [0.5, 0.6) is 23.0 Å². The Morgan fingerprint density at radius 1 is 0.955 bits per heavy atom. The highest BCUT2D eigenvalue weighted by molar-refractivity contribution is 7.80. The van der Waals surface area contributed by atoms with Gasteiger partial charge >= 0.3 is 0 Å². The van der Waals surface area contributed by atoms with Crippen molar-refractivity contribution in [2.75, 3.05) is 38.7 Å². The van der Waals surface area contributed by atoms with Gasteiger partial charge in [-0.2, -0.15) is 5.10 Å². The molecule has 0 radical (unpaired) electrons. The molecule has 2 heterocycles. The number of piperidine rings is 1. The number of hydrogen-bond acceptors (Lipinski definition) is 7. The molecule has 1 saturated heterocycles. The van der Waals surface area contributed by atoms with Crippen LogP contribution in [0.15, 0.2) is 65.9 Å². The monoisotopic (exact) mass is 623 g/mol. The zero-order valence-corrected chi connectivity index (χ0v) is 24.9. The van der Waals surface area contributed by atoms with E-state index in [-0.39, 0.29) is 16.4 Å². The Hall–Kier alpha value is -4.42. The minimum atomic E-state index is -0.764. The number of aromatic nitrogens is 1. The molecule has 8 nitrogen and oxygen atoms in total. The topological polar surface area (TPSA) is 80.2 Å². The normalized spacial score (nSPS) is 13.6. The smallest absolute Gasteiger partial charge is 0.191 e. The van der Waals surface area contributed by atoms with Gasteiger partial charge in [-0.15, -0.1) is 0 Å². The third-order valence-electron chi connectivity index (χ3n) is 7.05. The minimum Gasteiger partial charge on any atom is -0.493 e. The highest BCUT2D eigenvalue weighted by Crippen LogP contribution is 2.38. The average molecular weight is 624 g/mol. The summed E-state index contributed by atoms with van der Waals surface area (Å²) >= 11 is 5.16. The van der Waals surface area contributed by atoms with Gasteiger partial charge in [-0.3, -0.25) is 10.4 Å². The summed E-state index contributed by atoms with van der Waals surface area (Å²) in [6.45, 7) is 3.85. The maximum Gasteiger partial charge on any atom is 0.191 e. The fraction of sp³-hybridized carbons (Fsp3) is 0.281. The molecule has 1 aromatic heterocycles. The second kappa shape index (κ2) is 14.8. The van der Waals surface area contributed by atoms with Gasteiger partial charge in [0.2, 0.25) is 0 Å². The number of likely N-dealkylation sites (tertiary alicyclic amines) is 1. The van der Waals surface area contributed by atoms with Crippen LogP contribution in [0.3, 0.4) is 0 Å². The van der Waals surface area contributed by atoms with E-state index in [0.717, 1.165) is 44.4 Å². The molecule has 0 unspecified atom stereocenters. The van der Waals surface area contributed by atoms with Crippen molar-refractivity contribution in [1.82, 2.24) is 15.3 Å². The Kier molecular flexibility index (Phi) is 10.5. The summed E-state index contributed by atoms with van der Waals surface area (Å²) in [6, 6.07) is 12.6. The summed E-state index contributed by atoms with van der Waals surface area (Å²) in [5.41, 5.74) is 3.53. The molecule has 230 valence electrons. The summed E-state index contributed by atoms with van der Waals surface area (Å²) in [7, 11) is 1.57. The minimum absolute atomic E-state index is 0.0104. The van der Waals surface area contributed by atoms with E-state index in [4.69, 9.17) is 26.4 Å². The molecular weight excluding hydrogens is 591 g/mol.